The highest BCUT2D eigenvalue weighted by atomic mass is 16.7. The molecule has 0 aromatic heterocycles. The van der Waals surface area contributed by atoms with Crippen LogP contribution in [0.5, 0.6) is 0 Å². The van der Waals surface area contributed by atoms with E-state index in [-0.39, 0.29) is 25.9 Å². The topological polar surface area (TPSA) is 175 Å². The molecule has 428 valence electrons. The molecule has 75 heavy (non-hydrogen) atoms. The lowest BCUT2D eigenvalue weighted by Crippen LogP contribution is -2.61. The van der Waals surface area contributed by atoms with Crippen LogP contribution in [0.4, 0.5) is 0 Å². The molecule has 0 bridgehead atoms. The van der Waals surface area contributed by atoms with Crippen LogP contribution < -0.4 is 0 Å². The van der Waals surface area contributed by atoms with Gasteiger partial charge in [-0.2, -0.15) is 0 Å². The number of hydrogen-bond acceptors (Lipinski definition) is 11. The monoisotopic (exact) mass is 1050 g/mol. The highest BCUT2D eigenvalue weighted by molar-refractivity contribution is 5.74. The molecule has 0 aromatic rings. The highest BCUT2D eigenvalue weighted by Gasteiger charge is 2.50. The SMILES string of the molecule is CC/C=C\C/C=C\C/C=C\C/C=C\C/C=C\C/C=C\CCC(=O)OCC(COC1OC(C(=O)O)C(O)C(O)C1OC(=O)CCCCCCCCCCC)OC(=O)CCCCCCCCC/C=C\CCCCCCCC. The molecule has 1 aliphatic rings. The minimum absolute atomic E-state index is 0.0516. The number of unbranched alkanes of at least 4 members (excludes halogenated alkanes) is 21. The van der Waals surface area contributed by atoms with E-state index in [9.17, 15) is 34.5 Å². The van der Waals surface area contributed by atoms with Crippen molar-refractivity contribution >= 4 is 23.9 Å². The molecule has 0 amide bonds. The summed E-state index contributed by atoms with van der Waals surface area (Å²) >= 11 is 0. The van der Waals surface area contributed by atoms with E-state index >= 15 is 0 Å². The van der Waals surface area contributed by atoms with Crippen molar-refractivity contribution in [3.05, 3.63) is 85.1 Å². The molecule has 1 fully saturated rings. The second-order valence-corrected chi connectivity index (χ2v) is 19.9. The van der Waals surface area contributed by atoms with Gasteiger partial charge in [0.15, 0.2) is 24.6 Å². The zero-order chi connectivity index (χ0) is 54.7. The fraction of sp³-hybridized carbons (Fsp3) is 0.714. The summed E-state index contributed by atoms with van der Waals surface area (Å²) in [6.07, 6.45) is 53.0. The first-order valence-corrected chi connectivity index (χ1v) is 29.6. The van der Waals surface area contributed by atoms with E-state index < -0.39 is 67.3 Å². The van der Waals surface area contributed by atoms with Crippen molar-refractivity contribution in [3.63, 3.8) is 0 Å². The van der Waals surface area contributed by atoms with E-state index in [1.165, 1.54) is 83.5 Å². The van der Waals surface area contributed by atoms with Crippen LogP contribution in [-0.4, -0.2) is 89.2 Å². The van der Waals surface area contributed by atoms with E-state index in [0.717, 1.165) is 96.3 Å². The fourth-order valence-corrected chi connectivity index (χ4v) is 8.45. The molecule has 0 radical (unpaired) electrons. The van der Waals surface area contributed by atoms with E-state index in [1.54, 1.807) is 0 Å². The number of carbonyl (C=O) groups excluding carboxylic acids is 3. The van der Waals surface area contributed by atoms with Crippen molar-refractivity contribution in [1.29, 1.82) is 0 Å². The van der Waals surface area contributed by atoms with Crippen LogP contribution in [-0.2, 0) is 42.9 Å². The molecule has 6 atom stereocenters. The molecular formula is C63H104O12. The third-order valence-electron chi connectivity index (χ3n) is 13.0. The molecule has 1 saturated heterocycles. The minimum atomic E-state index is -1.91. The Hall–Kier alpha value is -4.10. The first-order chi connectivity index (χ1) is 36.6. The van der Waals surface area contributed by atoms with Crippen molar-refractivity contribution in [3.8, 4) is 0 Å². The van der Waals surface area contributed by atoms with Gasteiger partial charge in [0.25, 0.3) is 0 Å². The molecule has 0 aliphatic carbocycles. The average molecular weight is 1050 g/mol. The molecule has 6 unspecified atom stereocenters. The number of rotatable bonds is 49. The summed E-state index contributed by atoms with van der Waals surface area (Å²) in [5.74, 6) is -3.24. The normalized spacial score (nSPS) is 18.8. The maximum Gasteiger partial charge on any atom is 0.335 e. The summed E-state index contributed by atoms with van der Waals surface area (Å²) in [4.78, 5) is 51.0. The molecule has 0 spiro atoms. The van der Waals surface area contributed by atoms with Crippen LogP contribution in [0.25, 0.3) is 0 Å². The van der Waals surface area contributed by atoms with Crippen molar-refractivity contribution in [2.45, 2.75) is 276 Å². The zero-order valence-electron chi connectivity index (χ0n) is 47.0. The van der Waals surface area contributed by atoms with E-state index in [1.807, 2.05) is 12.2 Å². The second-order valence-electron chi connectivity index (χ2n) is 19.9. The standard InChI is InChI=1S/C63H104O12/c1-4-7-10-13-16-19-21-23-25-27-28-30-31-33-35-38-40-43-46-49-55(64)71-52-54(73-56(65)50-47-44-42-39-36-34-32-29-26-24-22-20-17-14-11-8-5-2)53-72-63-61(59(68)58(67)60(75-63)62(69)70)74-57(66)51-48-45-41-37-18-15-12-9-6-3/h7,10,16,19,23-26,28,30,33,35,40,43,54,58-61,63,67-68H,4-6,8-9,11-15,17-18,20-22,27,29,31-32,34,36-39,41-42,44-53H2,1-3H3,(H,69,70)/b10-7-,19-16-,25-23-,26-24-,30-28-,35-33-,43-40-. The number of esters is 3. The molecule has 12 heteroatoms. The van der Waals surface area contributed by atoms with Crippen molar-refractivity contribution < 1.29 is 58.2 Å². The Bertz CT molecular complexity index is 1630. The fourth-order valence-electron chi connectivity index (χ4n) is 8.45. The molecule has 1 rings (SSSR count). The van der Waals surface area contributed by atoms with Crippen LogP contribution in [0, 0.1) is 0 Å². The zero-order valence-corrected chi connectivity index (χ0v) is 47.0. The smallest absolute Gasteiger partial charge is 0.335 e. The minimum Gasteiger partial charge on any atom is -0.479 e. The maximum absolute atomic E-state index is 13.1. The van der Waals surface area contributed by atoms with Crippen LogP contribution in [0.15, 0.2) is 85.1 Å². The summed E-state index contributed by atoms with van der Waals surface area (Å²) in [6, 6.07) is 0. The van der Waals surface area contributed by atoms with Crippen molar-refractivity contribution in [2.75, 3.05) is 13.2 Å². The number of carboxylic acid groups (broad SMARTS) is 1. The first-order valence-electron chi connectivity index (χ1n) is 29.6. The molecule has 0 saturated carbocycles. The van der Waals surface area contributed by atoms with Gasteiger partial charge >= 0.3 is 23.9 Å². The lowest BCUT2D eigenvalue weighted by atomic mass is 9.98. The number of aliphatic hydroxyl groups excluding tert-OH is 2. The Morgan fingerprint density at radius 2 is 0.867 bits per heavy atom. The summed E-state index contributed by atoms with van der Waals surface area (Å²) in [5.41, 5.74) is 0. The number of hydrogen-bond donors (Lipinski definition) is 3. The Morgan fingerprint density at radius 1 is 0.453 bits per heavy atom. The number of carbonyl (C=O) groups is 4. The predicted octanol–water partition coefficient (Wildman–Crippen LogP) is 15.1. The molecule has 1 heterocycles. The third kappa shape index (κ3) is 40.8. The third-order valence-corrected chi connectivity index (χ3v) is 13.0. The van der Waals surface area contributed by atoms with Gasteiger partial charge in [-0.1, -0.05) is 221 Å². The van der Waals surface area contributed by atoms with Crippen LogP contribution >= 0.6 is 0 Å². The average Bonchev–Trinajstić information content (AvgIpc) is 3.39. The van der Waals surface area contributed by atoms with Gasteiger partial charge in [0.2, 0.25) is 0 Å². The lowest BCUT2D eigenvalue weighted by Gasteiger charge is -2.40. The molecule has 0 aromatic carbocycles. The summed E-state index contributed by atoms with van der Waals surface area (Å²) in [5, 5.41) is 31.4. The van der Waals surface area contributed by atoms with Gasteiger partial charge in [0.05, 0.1) is 6.61 Å². The lowest BCUT2D eigenvalue weighted by molar-refractivity contribution is -0.301. The number of allylic oxidation sites excluding steroid dienone is 14. The van der Waals surface area contributed by atoms with E-state index in [0.29, 0.717) is 19.3 Å². The number of carboxylic acids is 1. The summed E-state index contributed by atoms with van der Waals surface area (Å²) in [6.45, 7) is 5.77. The Labute approximate surface area is 454 Å². The number of aliphatic hydroxyl groups is 2. The van der Waals surface area contributed by atoms with E-state index in [2.05, 4.69) is 93.7 Å². The van der Waals surface area contributed by atoms with E-state index in [4.69, 9.17) is 23.7 Å². The first kappa shape index (κ1) is 68.9. The summed E-state index contributed by atoms with van der Waals surface area (Å²) in [7, 11) is 0. The number of aliphatic carboxylic acids is 1. The second kappa shape index (κ2) is 50.7. The van der Waals surface area contributed by atoms with Crippen LogP contribution in [0.1, 0.15) is 239 Å². The van der Waals surface area contributed by atoms with Crippen molar-refractivity contribution in [2.24, 2.45) is 0 Å². The molecule has 1 aliphatic heterocycles. The summed E-state index contributed by atoms with van der Waals surface area (Å²) < 4.78 is 28.3. The Balaban J connectivity index is 2.72. The molecular weight excluding hydrogens is 949 g/mol. The van der Waals surface area contributed by atoms with Gasteiger partial charge in [0, 0.05) is 19.3 Å². The largest absolute Gasteiger partial charge is 0.479 e. The van der Waals surface area contributed by atoms with Gasteiger partial charge < -0.3 is 39.0 Å². The van der Waals surface area contributed by atoms with Gasteiger partial charge in [-0.15, -0.1) is 0 Å². The molecule has 3 N–H and O–H groups in total. The number of ether oxygens (including phenoxy) is 5. The van der Waals surface area contributed by atoms with Crippen LogP contribution in [0.2, 0.25) is 0 Å². The Morgan fingerprint density at radius 3 is 1.33 bits per heavy atom. The molecule has 12 nitrogen and oxygen atoms in total. The van der Waals surface area contributed by atoms with Gasteiger partial charge in [-0.25, -0.2) is 4.79 Å². The quantitative estimate of drug-likeness (QED) is 0.0228. The predicted molar refractivity (Wildman–Crippen MR) is 303 cm³/mol. The van der Waals surface area contributed by atoms with Gasteiger partial charge in [-0.05, 0) is 83.5 Å². The van der Waals surface area contributed by atoms with Crippen molar-refractivity contribution in [1.82, 2.24) is 0 Å². The van der Waals surface area contributed by atoms with Crippen LogP contribution in [0.3, 0.4) is 0 Å². The van der Waals surface area contributed by atoms with Gasteiger partial charge in [0.1, 0.15) is 18.8 Å². The Kier molecular flexibility index (Phi) is 46.6. The highest BCUT2D eigenvalue weighted by Crippen LogP contribution is 2.26. The maximum atomic E-state index is 13.1. The van der Waals surface area contributed by atoms with Gasteiger partial charge in [-0.3, -0.25) is 14.4 Å².